The molecule has 3 aromatic rings. The van der Waals surface area contributed by atoms with Gasteiger partial charge < -0.3 is 39.0 Å². The van der Waals surface area contributed by atoms with E-state index >= 15 is 0 Å². The molecule has 6 atom stereocenters. The Bertz CT molecular complexity index is 1680. The summed E-state index contributed by atoms with van der Waals surface area (Å²) in [5, 5.41) is 24.3. The normalized spacial score (nSPS) is 24.7. The summed E-state index contributed by atoms with van der Waals surface area (Å²) in [7, 11) is -17.0. The van der Waals surface area contributed by atoms with Gasteiger partial charge in [-0.1, -0.05) is 11.2 Å². The van der Waals surface area contributed by atoms with E-state index < -0.39 is 78.2 Å². The minimum absolute atomic E-state index is 0.0517. The number of ether oxygens (including phenoxy) is 1. The fraction of sp³-hybridized carbons (Fsp3) is 0.353. The third-order valence-electron chi connectivity index (χ3n) is 5.35. The van der Waals surface area contributed by atoms with E-state index in [0.29, 0.717) is 9.13 Å². The Hall–Kier alpha value is -2.41. The number of aliphatic hydroxyl groups excluding tert-OH is 2. The molecule has 1 aliphatic heterocycles. The quantitative estimate of drug-likeness (QED) is 0.151. The number of phosphoric ester groups is 1. The van der Waals surface area contributed by atoms with Gasteiger partial charge in [0.25, 0.3) is 5.56 Å². The average molecular weight is 633 g/mol. The molecule has 0 radical (unpaired) electrons. The van der Waals surface area contributed by atoms with E-state index in [0.717, 1.165) is 18.3 Å². The van der Waals surface area contributed by atoms with Gasteiger partial charge in [0, 0.05) is 12.3 Å². The maximum Gasteiger partial charge on any atom is 0.490 e. The highest BCUT2D eigenvalue weighted by Crippen LogP contribution is 2.66. The minimum atomic E-state index is -5.81. The Morgan fingerprint density at radius 3 is 2.38 bits per heavy atom. The largest absolute Gasteiger partial charge is 0.490 e. The van der Waals surface area contributed by atoms with Gasteiger partial charge in [0.2, 0.25) is 0 Å². The molecule has 19 nitrogen and oxygen atoms in total. The predicted octanol–water partition coefficient (Wildman–Crippen LogP) is -0.699. The molecule has 1 fully saturated rings. The first-order valence-corrected chi connectivity index (χ1v) is 15.1. The lowest BCUT2D eigenvalue weighted by Crippen LogP contribution is -2.43. The SMILES string of the molecule is O=c1ccn([C@@H]2O[C@H](COP(=O)(O)OP(=O)(O)OP(=O)(O)O)[C@H](O)C2O)c(=O)n1Cc1noc2cccc(F)c12. The van der Waals surface area contributed by atoms with Crippen molar-refractivity contribution in [3.05, 3.63) is 62.8 Å². The van der Waals surface area contributed by atoms with Gasteiger partial charge in [-0.2, -0.15) is 8.62 Å². The summed E-state index contributed by atoms with van der Waals surface area (Å²) in [6, 6.07) is 4.77. The van der Waals surface area contributed by atoms with Crippen LogP contribution in [-0.2, 0) is 38.1 Å². The van der Waals surface area contributed by atoms with Crippen molar-refractivity contribution in [1.82, 2.24) is 14.3 Å². The first-order valence-electron chi connectivity index (χ1n) is 10.6. The molecule has 6 N–H and O–H groups in total. The second-order valence-corrected chi connectivity index (χ2v) is 12.5. The van der Waals surface area contributed by atoms with Crippen molar-refractivity contribution in [2.45, 2.75) is 31.1 Å². The summed E-state index contributed by atoms with van der Waals surface area (Å²) in [6.45, 7) is -1.69. The number of phosphoric acid groups is 3. The number of rotatable bonds is 10. The highest BCUT2D eigenvalue weighted by atomic mass is 31.3. The summed E-state index contributed by atoms with van der Waals surface area (Å²) in [5.41, 5.74) is -2.02. The van der Waals surface area contributed by atoms with Crippen molar-refractivity contribution in [2.75, 3.05) is 6.61 Å². The molecule has 40 heavy (non-hydrogen) atoms. The van der Waals surface area contributed by atoms with Gasteiger partial charge >= 0.3 is 29.2 Å². The van der Waals surface area contributed by atoms with Crippen LogP contribution in [0.15, 0.2) is 44.6 Å². The highest BCUT2D eigenvalue weighted by molar-refractivity contribution is 7.66. The lowest BCUT2D eigenvalue weighted by atomic mass is 10.1. The minimum Gasteiger partial charge on any atom is -0.387 e. The molecule has 0 spiro atoms. The molecule has 0 saturated carbocycles. The van der Waals surface area contributed by atoms with Crippen molar-refractivity contribution in [1.29, 1.82) is 0 Å². The molecule has 3 unspecified atom stereocenters. The van der Waals surface area contributed by atoms with E-state index in [1.807, 2.05) is 0 Å². The summed E-state index contributed by atoms with van der Waals surface area (Å²) in [4.78, 5) is 61.4. The lowest BCUT2D eigenvalue weighted by Gasteiger charge is -2.19. The molecule has 2 aromatic heterocycles. The van der Waals surface area contributed by atoms with E-state index in [1.165, 1.54) is 12.1 Å². The molecule has 1 aliphatic rings. The number of benzene rings is 1. The van der Waals surface area contributed by atoms with Crippen molar-refractivity contribution >= 4 is 34.4 Å². The summed E-state index contributed by atoms with van der Waals surface area (Å²) >= 11 is 0. The van der Waals surface area contributed by atoms with E-state index in [9.17, 15) is 47.7 Å². The van der Waals surface area contributed by atoms with Gasteiger partial charge in [0.1, 0.15) is 29.8 Å². The Balaban J connectivity index is 1.52. The lowest BCUT2D eigenvalue weighted by molar-refractivity contribution is -0.0547. The van der Waals surface area contributed by atoms with Gasteiger partial charge in [-0.25, -0.2) is 22.9 Å². The topological polar surface area (TPSA) is 280 Å². The summed E-state index contributed by atoms with van der Waals surface area (Å²) in [6.07, 6.45) is -6.30. The predicted molar refractivity (Wildman–Crippen MR) is 124 cm³/mol. The Morgan fingerprint density at radius 1 is 1.00 bits per heavy atom. The molecular weight excluding hydrogens is 614 g/mol. The highest BCUT2D eigenvalue weighted by Gasteiger charge is 2.47. The number of hydrogen-bond acceptors (Lipinski definition) is 13. The molecule has 23 heteroatoms. The van der Waals surface area contributed by atoms with Crippen molar-refractivity contribution in [3.8, 4) is 0 Å². The molecule has 0 aliphatic carbocycles. The zero-order chi connectivity index (χ0) is 29.6. The Kier molecular flexibility index (Phi) is 8.48. The molecular formula is C17H19FN3O16P3. The molecule has 3 heterocycles. The van der Waals surface area contributed by atoms with Crippen LogP contribution in [0.5, 0.6) is 0 Å². The van der Waals surface area contributed by atoms with Crippen LogP contribution in [-0.4, -0.2) is 69.0 Å². The fourth-order valence-corrected chi connectivity index (χ4v) is 6.74. The fourth-order valence-electron chi connectivity index (χ4n) is 3.71. The molecule has 220 valence electrons. The zero-order valence-electron chi connectivity index (χ0n) is 19.4. The molecule has 1 aromatic carbocycles. The van der Waals surface area contributed by atoms with Gasteiger partial charge in [-0.05, 0) is 12.1 Å². The number of hydrogen-bond donors (Lipinski definition) is 6. The van der Waals surface area contributed by atoms with Gasteiger partial charge in [-0.3, -0.25) is 18.5 Å². The Labute approximate surface area is 220 Å². The van der Waals surface area contributed by atoms with E-state index in [4.69, 9.17) is 19.0 Å². The smallest absolute Gasteiger partial charge is 0.387 e. The van der Waals surface area contributed by atoms with Crippen molar-refractivity contribution < 1.29 is 70.3 Å². The molecule has 0 bridgehead atoms. The number of aromatic nitrogens is 3. The summed E-state index contributed by atoms with van der Waals surface area (Å²) in [5.74, 6) is -0.727. The first-order chi connectivity index (χ1) is 18.5. The number of fused-ring (bicyclic) bond motifs is 1. The van der Waals surface area contributed by atoms with Crippen LogP contribution >= 0.6 is 23.5 Å². The maximum absolute atomic E-state index is 14.3. The van der Waals surface area contributed by atoms with Crippen LogP contribution in [0.1, 0.15) is 11.9 Å². The van der Waals surface area contributed by atoms with Crippen LogP contribution < -0.4 is 11.2 Å². The van der Waals surface area contributed by atoms with Gasteiger partial charge in [-0.15, -0.1) is 0 Å². The number of nitrogens with zero attached hydrogens (tertiary/aromatic N) is 3. The molecule has 4 rings (SSSR count). The standard InChI is InChI=1S/C17H19FN3O16P3/c18-8-2-1-3-10-13(8)9(19-35-10)6-21-12(22)4-5-20(17(21)25)16-15(24)14(23)11(34-16)7-33-39(29,30)37-40(31,32)36-38(26,27)28/h1-5,11,14-16,23-24H,6-7H2,(H,29,30)(H,31,32)(H2,26,27,28)/t11-,14+,15?,16-/m1/s1. The van der Waals surface area contributed by atoms with Crippen LogP contribution in [0.3, 0.4) is 0 Å². The third kappa shape index (κ3) is 6.72. The average Bonchev–Trinajstić information content (AvgIpc) is 3.35. The summed E-state index contributed by atoms with van der Waals surface area (Å²) < 4.78 is 71.5. The second-order valence-electron chi connectivity index (χ2n) is 8.11. The van der Waals surface area contributed by atoms with Crippen LogP contribution in [0, 0.1) is 5.82 Å². The Morgan fingerprint density at radius 2 is 1.70 bits per heavy atom. The van der Waals surface area contributed by atoms with E-state index in [2.05, 4.69) is 18.3 Å². The second kappa shape index (κ2) is 11.1. The molecule has 0 amide bonds. The van der Waals surface area contributed by atoms with Crippen LogP contribution in [0.4, 0.5) is 4.39 Å². The van der Waals surface area contributed by atoms with E-state index in [-0.39, 0.29) is 16.7 Å². The number of aliphatic hydroxyl groups is 2. The van der Waals surface area contributed by atoms with Gasteiger partial charge in [0.05, 0.1) is 18.5 Å². The molecule has 1 saturated heterocycles. The van der Waals surface area contributed by atoms with Crippen LogP contribution in [0.2, 0.25) is 0 Å². The van der Waals surface area contributed by atoms with Gasteiger partial charge in [0.15, 0.2) is 11.8 Å². The van der Waals surface area contributed by atoms with Crippen molar-refractivity contribution in [2.24, 2.45) is 0 Å². The van der Waals surface area contributed by atoms with Crippen LogP contribution in [0.25, 0.3) is 11.0 Å². The third-order valence-corrected chi connectivity index (χ3v) is 9.15. The van der Waals surface area contributed by atoms with E-state index in [1.54, 1.807) is 0 Å². The van der Waals surface area contributed by atoms with Crippen molar-refractivity contribution in [3.63, 3.8) is 0 Å². The first kappa shape index (κ1) is 30.5. The maximum atomic E-state index is 14.3. The monoisotopic (exact) mass is 633 g/mol. The number of halogens is 1. The zero-order valence-corrected chi connectivity index (χ0v) is 22.1.